The molecule has 0 fully saturated rings. The molecule has 0 amide bonds. The Labute approximate surface area is 173 Å². The normalized spacial score (nSPS) is 16.0. The number of thiophene rings is 1. The standard InChI is InChI=1S/C18H32N4OS.HI/c1-4-19-18(20-9-6-11-23-5-2)21-13-15(3)22-10-7-17-16(14-22)8-12-24-17;/h8,12,15H,4-7,9-11,13-14H2,1-3H3,(H2,19,20,21);1H. The molecule has 2 rings (SSSR count). The van der Waals surface area contributed by atoms with E-state index in [0.717, 1.165) is 58.3 Å². The molecule has 2 heterocycles. The average molecular weight is 480 g/mol. The molecule has 0 aliphatic carbocycles. The van der Waals surface area contributed by atoms with Gasteiger partial charge in [0, 0.05) is 50.3 Å². The third-order valence-corrected chi connectivity index (χ3v) is 5.30. The molecule has 2 N–H and O–H groups in total. The van der Waals surface area contributed by atoms with Crippen LogP contribution in [-0.2, 0) is 17.7 Å². The summed E-state index contributed by atoms with van der Waals surface area (Å²) in [5.41, 5.74) is 1.50. The van der Waals surface area contributed by atoms with Gasteiger partial charge in [-0.3, -0.25) is 9.89 Å². The third kappa shape index (κ3) is 7.80. The van der Waals surface area contributed by atoms with Crippen molar-refractivity contribution in [2.75, 3.05) is 39.4 Å². The van der Waals surface area contributed by atoms with Crippen LogP contribution in [0.5, 0.6) is 0 Å². The molecule has 0 bridgehead atoms. The summed E-state index contributed by atoms with van der Waals surface area (Å²) in [7, 11) is 0. The number of halogens is 1. The molecule has 1 aliphatic heterocycles. The maximum absolute atomic E-state index is 5.37. The summed E-state index contributed by atoms with van der Waals surface area (Å²) in [5.74, 6) is 0.911. The summed E-state index contributed by atoms with van der Waals surface area (Å²) in [5, 5.41) is 8.93. The number of nitrogens with one attached hydrogen (secondary N) is 2. The second kappa shape index (κ2) is 12.9. The highest BCUT2D eigenvalue weighted by Gasteiger charge is 2.21. The van der Waals surface area contributed by atoms with E-state index in [1.54, 1.807) is 4.88 Å². The first-order valence-corrected chi connectivity index (χ1v) is 10.0. The highest BCUT2D eigenvalue weighted by atomic mass is 127. The minimum Gasteiger partial charge on any atom is -0.382 e. The Balaban J connectivity index is 0.00000312. The molecule has 0 aromatic carbocycles. The van der Waals surface area contributed by atoms with Gasteiger partial charge in [-0.2, -0.15) is 0 Å². The Hall–Kier alpha value is -0.380. The van der Waals surface area contributed by atoms with Crippen LogP contribution < -0.4 is 10.6 Å². The average Bonchev–Trinajstić information content (AvgIpc) is 3.06. The van der Waals surface area contributed by atoms with Gasteiger partial charge < -0.3 is 15.4 Å². The Bertz CT molecular complexity index is 509. The van der Waals surface area contributed by atoms with Crippen LogP contribution in [0.25, 0.3) is 0 Å². The molecule has 0 spiro atoms. The second-order valence-corrected chi connectivity index (χ2v) is 7.14. The van der Waals surface area contributed by atoms with Crippen LogP contribution in [0.3, 0.4) is 0 Å². The summed E-state index contributed by atoms with van der Waals surface area (Å²) in [6.45, 7) is 12.8. The first-order valence-electron chi connectivity index (χ1n) is 9.13. The van der Waals surface area contributed by atoms with Crippen molar-refractivity contribution in [1.82, 2.24) is 15.5 Å². The minimum atomic E-state index is 0. The lowest BCUT2D eigenvalue weighted by molar-refractivity contribution is 0.145. The summed E-state index contributed by atoms with van der Waals surface area (Å²) in [6, 6.07) is 2.73. The van der Waals surface area contributed by atoms with Gasteiger partial charge in [-0.15, -0.1) is 35.3 Å². The highest BCUT2D eigenvalue weighted by Crippen LogP contribution is 2.25. The number of hydrogen-bond donors (Lipinski definition) is 2. The van der Waals surface area contributed by atoms with Crippen molar-refractivity contribution in [2.45, 2.75) is 46.2 Å². The number of guanidine groups is 1. The number of nitrogens with zero attached hydrogens (tertiary/aromatic N) is 2. The van der Waals surface area contributed by atoms with E-state index in [1.807, 2.05) is 18.3 Å². The lowest BCUT2D eigenvalue weighted by atomic mass is 10.1. The zero-order valence-electron chi connectivity index (χ0n) is 15.7. The zero-order valence-corrected chi connectivity index (χ0v) is 18.9. The molecule has 0 saturated heterocycles. The van der Waals surface area contributed by atoms with E-state index >= 15 is 0 Å². The Morgan fingerprint density at radius 3 is 3.00 bits per heavy atom. The molecule has 0 radical (unpaired) electrons. The van der Waals surface area contributed by atoms with Crippen molar-refractivity contribution < 1.29 is 4.74 Å². The van der Waals surface area contributed by atoms with Crippen molar-refractivity contribution >= 4 is 41.3 Å². The summed E-state index contributed by atoms with van der Waals surface area (Å²) >= 11 is 1.89. The van der Waals surface area contributed by atoms with Crippen LogP contribution in [0.2, 0.25) is 0 Å². The third-order valence-electron chi connectivity index (χ3n) is 4.28. The van der Waals surface area contributed by atoms with Gasteiger partial charge in [0.15, 0.2) is 5.96 Å². The highest BCUT2D eigenvalue weighted by molar-refractivity contribution is 14.0. The van der Waals surface area contributed by atoms with Crippen LogP contribution in [0.1, 0.15) is 37.6 Å². The molecule has 7 heteroatoms. The SMILES string of the molecule is CCNC(=NCC(C)N1CCc2sccc2C1)NCCCOCC.I. The van der Waals surface area contributed by atoms with E-state index in [1.165, 1.54) is 12.0 Å². The van der Waals surface area contributed by atoms with Gasteiger partial charge in [-0.05, 0) is 50.6 Å². The van der Waals surface area contributed by atoms with Crippen molar-refractivity contribution in [3.05, 3.63) is 21.9 Å². The van der Waals surface area contributed by atoms with Gasteiger partial charge >= 0.3 is 0 Å². The number of rotatable bonds is 9. The summed E-state index contributed by atoms with van der Waals surface area (Å²) in [6.07, 6.45) is 2.18. The van der Waals surface area contributed by atoms with E-state index in [4.69, 9.17) is 9.73 Å². The predicted molar refractivity (Wildman–Crippen MR) is 118 cm³/mol. The lowest BCUT2D eigenvalue weighted by Gasteiger charge is -2.31. The van der Waals surface area contributed by atoms with Gasteiger partial charge in [-0.1, -0.05) is 0 Å². The smallest absolute Gasteiger partial charge is 0.191 e. The number of fused-ring (bicyclic) bond motifs is 1. The molecule has 1 aromatic heterocycles. The molecule has 25 heavy (non-hydrogen) atoms. The fraction of sp³-hybridized carbons (Fsp3) is 0.722. The molecular weight excluding hydrogens is 447 g/mol. The largest absolute Gasteiger partial charge is 0.382 e. The molecule has 1 aliphatic rings. The fourth-order valence-electron chi connectivity index (χ4n) is 2.85. The van der Waals surface area contributed by atoms with E-state index in [9.17, 15) is 0 Å². The maximum atomic E-state index is 5.37. The Morgan fingerprint density at radius 2 is 2.24 bits per heavy atom. The molecule has 144 valence electrons. The summed E-state index contributed by atoms with van der Waals surface area (Å²) < 4.78 is 5.37. The van der Waals surface area contributed by atoms with Gasteiger partial charge in [-0.25, -0.2) is 0 Å². The monoisotopic (exact) mass is 480 g/mol. The number of hydrogen-bond acceptors (Lipinski definition) is 4. The van der Waals surface area contributed by atoms with Crippen LogP contribution in [0, 0.1) is 0 Å². The number of aliphatic imine (C=N–C) groups is 1. The van der Waals surface area contributed by atoms with Crippen LogP contribution in [-0.4, -0.2) is 56.3 Å². The molecule has 1 unspecified atom stereocenters. The van der Waals surface area contributed by atoms with E-state index < -0.39 is 0 Å². The quantitative estimate of drug-likeness (QED) is 0.247. The maximum Gasteiger partial charge on any atom is 0.191 e. The van der Waals surface area contributed by atoms with Gasteiger partial charge in [0.05, 0.1) is 6.54 Å². The topological polar surface area (TPSA) is 48.9 Å². The first kappa shape index (κ1) is 22.7. The molecule has 1 atom stereocenters. The van der Waals surface area contributed by atoms with Gasteiger partial charge in [0.2, 0.25) is 0 Å². The van der Waals surface area contributed by atoms with Gasteiger partial charge in [0.1, 0.15) is 0 Å². The minimum absolute atomic E-state index is 0. The Kier molecular flexibility index (Phi) is 11.7. The molecule has 5 nitrogen and oxygen atoms in total. The van der Waals surface area contributed by atoms with E-state index in [-0.39, 0.29) is 24.0 Å². The second-order valence-electron chi connectivity index (χ2n) is 6.14. The Morgan fingerprint density at radius 1 is 1.40 bits per heavy atom. The van der Waals surface area contributed by atoms with E-state index in [2.05, 4.69) is 40.8 Å². The van der Waals surface area contributed by atoms with Crippen molar-refractivity contribution in [1.29, 1.82) is 0 Å². The van der Waals surface area contributed by atoms with Crippen LogP contribution >= 0.6 is 35.3 Å². The first-order chi connectivity index (χ1) is 11.7. The molecule has 0 saturated carbocycles. The molecule has 1 aromatic rings. The van der Waals surface area contributed by atoms with Crippen molar-refractivity contribution in [2.24, 2.45) is 4.99 Å². The van der Waals surface area contributed by atoms with Crippen LogP contribution in [0.15, 0.2) is 16.4 Å². The molecular formula is C18H33IN4OS. The van der Waals surface area contributed by atoms with Crippen molar-refractivity contribution in [3.63, 3.8) is 0 Å². The zero-order chi connectivity index (χ0) is 17.2. The van der Waals surface area contributed by atoms with E-state index in [0.29, 0.717) is 6.04 Å². The fourth-order valence-corrected chi connectivity index (χ4v) is 3.74. The lowest BCUT2D eigenvalue weighted by Crippen LogP contribution is -2.41. The van der Waals surface area contributed by atoms with Gasteiger partial charge in [0.25, 0.3) is 0 Å². The summed E-state index contributed by atoms with van der Waals surface area (Å²) in [4.78, 5) is 8.86. The van der Waals surface area contributed by atoms with Crippen molar-refractivity contribution in [3.8, 4) is 0 Å². The predicted octanol–water partition coefficient (Wildman–Crippen LogP) is 3.09. The van der Waals surface area contributed by atoms with Crippen LogP contribution in [0.4, 0.5) is 0 Å². The number of ether oxygens (including phenoxy) is 1.